The summed E-state index contributed by atoms with van der Waals surface area (Å²) in [7, 11) is 0. The number of hydrogen-bond donors (Lipinski definition) is 4. The summed E-state index contributed by atoms with van der Waals surface area (Å²) in [5.41, 5.74) is 2.14. The number of rotatable bonds is 6. The molecule has 5 atom stereocenters. The van der Waals surface area contributed by atoms with Gasteiger partial charge in [0, 0.05) is 15.6 Å². The summed E-state index contributed by atoms with van der Waals surface area (Å²) in [6, 6.07) is 19.6. The second-order valence-corrected chi connectivity index (χ2v) is 9.87. The van der Waals surface area contributed by atoms with E-state index >= 15 is 0 Å². The molecule has 0 spiro atoms. The number of nitrogens with zero attached hydrogens (tertiary/aromatic N) is 1. The smallest absolute Gasteiger partial charge is 0.195 e. The van der Waals surface area contributed by atoms with Crippen LogP contribution in [0.15, 0.2) is 77.4 Å². The van der Waals surface area contributed by atoms with Gasteiger partial charge in [-0.2, -0.15) is 0 Å². The molecule has 8 nitrogen and oxygen atoms in total. The fourth-order valence-corrected chi connectivity index (χ4v) is 5.07. The van der Waals surface area contributed by atoms with E-state index < -0.39 is 37.3 Å². The van der Waals surface area contributed by atoms with Crippen molar-refractivity contribution in [3.63, 3.8) is 0 Å². The molecule has 192 valence electrons. The first-order valence-electron chi connectivity index (χ1n) is 11.5. The summed E-state index contributed by atoms with van der Waals surface area (Å²) in [5, 5.41) is 41.5. The van der Waals surface area contributed by atoms with Gasteiger partial charge in [0.1, 0.15) is 24.1 Å². The zero-order chi connectivity index (χ0) is 26.3. The lowest BCUT2D eigenvalue weighted by molar-refractivity contribution is -0.280. The minimum absolute atomic E-state index is 0.173. The highest BCUT2D eigenvalue weighted by Gasteiger charge is 2.45. The summed E-state index contributed by atoms with van der Waals surface area (Å²) < 4.78 is 13.6. The largest absolute Gasteiger partial charge is 0.480 e. The Morgan fingerprint density at radius 2 is 1.70 bits per heavy atom. The molecule has 3 aromatic carbocycles. The van der Waals surface area contributed by atoms with Crippen LogP contribution in [0.2, 0.25) is 5.02 Å². The van der Waals surface area contributed by atoms with Gasteiger partial charge < -0.3 is 34.5 Å². The molecule has 5 rings (SSSR count). The summed E-state index contributed by atoms with van der Waals surface area (Å²) in [5.74, 6) is 0.0121. The van der Waals surface area contributed by atoms with E-state index in [0.717, 1.165) is 0 Å². The molecule has 0 unspecified atom stereocenters. The van der Waals surface area contributed by atoms with Crippen molar-refractivity contribution >= 4 is 44.2 Å². The Kier molecular flexibility index (Phi) is 7.37. The van der Waals surface area contributed by atoms with Crippen LogP contribution in [0.25, 0.3) is 16.6 Å². The highest BCUT2D eigenvalue weighted by Crippen LogP contribution is 2.41. The van der Waals surface area contributed by atoms with Crippen molar-refractivity contribution in [2.45, 2.75) is 30.7 Å². The molecule has 4 N–H and O–H groups in total. The number of ketones is 1. The molecule has 1 aromatic heterocycles. The first kappa shape index (κ1) is 25.9. The number of ether oxygens (including phenoxy) is 2. The van der Waals surface area contributed by atoms with Gasteiger partial charge in [0.25, 0.3) is 0 Å². The average molecular weight is 589 g/mol. The minimum atomic E-state index is -1.63. The number of fused-ring (bicyclic) bond motifs is 1. The number of aliphatic hydroxyl groups excluding tert-OH is 4. The normalized spacial score (nSPS) is 23.8. The first-order valence-corrected chi connectivity index (χ1v) is 12.6. The number of aromatic nitrogens is 1. The number of carbonyl (C=O) groups excluding carboxylic acids is 1. The van der Waals surface area contributed by atoms with Crippen molar-refractivity contribution in [1.82, 2.24) is 4.57 Å². The lowest BCUT2D eigenvalue weighted by atomic mass is 9.99. The Hall–Kier alpha value is -2.76. The monoisotopic (exact) mass is 587 g/mol. The third kappa shape index (κ3) is 4.68. The standard InChI is InChI=1S/C27H23BrClNO7/c28-16-10-11-18-21(22(16)29)19(36-26-25(34)24(33)20(13-31)37-27(26)35)12-30(18)17-9-5-4-8-15(17)23(32)14-6-2-1-3-7-14/h1-12,20,24-27,31,33-35H,13H2/t20-,24+,25+,26-,27-/m1/s1. The topological polar surface area (TPSA) is 121 Å². The molecule has 1 aliphatic rings. The van der Waals surface area contributed by atoms with Gasteiger partial charge in [-0.05, 0) is 40.2 Å². The van der Waals surface area contributed by atoms with Gasteiger partial charge in [0.2, 0.25) is 0 Å². The van der Waals surface area contributed by atoms with Gasteiger partial charge in [0.05, 0.1) is 34.4 Å². The molecule has 0 radical (unpaired) electrons. The van der Waals surface area contributed by atoms with Crippen LogP contribution in [0.1, 0.15) is 15.9 Å². The van der Waals surface area contributed by atoms with Gasteiger partial charge in [-0.15, -0.1) is 0 Å². The lowest BCUT2D eigenvalue weighted by Crippen LogP contribution is -2.60. The maximum atomic E-state index is 13.4. The van der Waals surface area contributed by atoms with E-state index in [4.69, 9.17) is 21.1 Å². The molecule has 0 saturated carbocycles. The van der Waals surface area contributed by atoms with E-state index in [2.05, 4.69) is 15.9 Å². The molecule has 1 saturated heterocycles. The fourth-order valence-electron chi connectivity index (χ4n) is 4.48. The van der Waals surface area contributed by atoms with Crippen LogP contribution in [-0.4, -0.2) is 68.1 Å². The van der Waals surface area contributed by atoms with Crippen molar-refractivity contribution < 1.29 is 34.7 Å². The SMILES string of the molecule is O=C(c1ccccc1)c1ccccc1-n1cc(O[C@@H]2[C@@H](O)[C@@H](O)[C@@H](CO)O[C@H]2O)c2c(Cl)c(Br)ccc21. The maximum absolute atomic E-state index is 13.4. The first-order chi connectivity index (χ1) is 17.8. The molecule has 2 heterocycles. The lowest BCUT2D eigenvalue weighted by Gasteiger charge is -2.39. The van der Waals surface area contributed by atoms with E-state index in [1.54, 1.807) is 71.4 Å². The van der Waals surface area contributed by atoms with Gasteiger partial charge in [-0.1, -0.05) is 54.1 Å². The van der Waals surface area contributed by atoms with E-state index in [1.165, 1.54) is 0 Å². The van der Waals surface area contributed by atoms with E-state index in [-0.39, 0.29) is 11.5 Å². The van der Waals surface area contributed by atoms with E-state index in [1.807, 2.05) is 6.07 Å². The van der Waals surface area contributed by atoms with Crippen molar-refractivity contribution in [3.05, 3.63) is 93.5 Å². The number of benzene rings is 3. The minimum Gasteiger partial charge on any atom is -0.480 e. The number of aliphatic hydroxyl groups is 4. The summed E-state index contributed by atoms with van der Waals surface area (Å²) in [6.45, 7) is -0.591. The molecule has 4 aromatic rings. The Morgan fingerprint density at radius 3 is 2.43 bits per heavy atom. The van der Waals surface area contributed by atoms with Crippen LogP contribution in [-0.2, 0) is 4.74 Å². The molecule has 0 amide bonds. The summed E-state index contributed by atoms with van der Waals surface area (Å²) in [6.07, 6.45) is -5.63. The van der Waals surface area contributed by atoms with Gasteiger partial charge in [-0.25, -0.2) is 0 Å². The Balaban J connectivity index is 1.63. The van der Waals surface area contributed by atoms with Gasteiger partial charge in [0.15, 0.2) is 18.2 Å². The average Bonchev–Trinajstić information content (AvgIpc) is 3.29. The molecule has 1 aliphatic heterocycles. The molecule has 0 bridgehead atoms. The Morgan fingerprint density at radius 1 is 1.00 bits per heavy atom. The van der Waals surface area contributed by atoms with Crippen molar-refractivity contribution in [1.29, 1.82) is 0 Å². The molecule has 37 heavy (non-hydrogen) atoms. The van der Waals surface area contributed by atoms with E-state index in [9.17, 15) is 25.2 Å². The second kappa shape index (κ2) is 10.5. The zero-order valence-corrected chi connectivity index (χ0v) is 21.6. The highest BCUT2D eigenvalue weighted by molar-refractivity contribution is 9.10. The van der Waals surface area contributed by atoms with Crippen molar-refractivity contribution in [2.24, 2.45) is 0 Å². The Labute approximate surface area is 225 Å². The molecular formula is C27H23BrClNO7. The predicted octanol–water partition coefficient (Wildman–Crippen LogP) is 3.46. The van der Waals surface area contributed by atoms with Crippen molar-refractivity contribution in [2.75, 3.05) is 6.61 Å². The van der Waals surface area contributed by atoms with Crippen LogP contribution in [0.5, 0.6) is 5.75 Å². The Bertz CT molecular complexity index is 1440. The molecular weight excluding hydrogens is 566 g/mol. The molecule has 10 heteroatoms. The summed E-state index contributed by atoms with van der Waals surface area (Å²) in [4.78, 5) is 13.4. The third-order valence-corrected chi connectivity index (χ3v) is 7.66. The zero-order valence-electron chi connectivity index (χ0n) is 19.2. The van der Waals surface area contributed by atoms with Crippen LogP contribution in [0, 0.1) is 0 Å². The number of para-hydroxylation sites is 1. The number of halogens is 2. The van der Waals surface area contributed by atoms with Gasteiger partial charge >= 0.3 is 0 Å². The second-order valence-electron chi connectivity index (χ2n) is 8.64. The quantitative estimate of drug-likeness (QED) is 0.255. The van der Waals surface area contributed by atoms with Crippen LogP contribution >= 0.6 is 27.5 Å². The van der Waals surface area contributed by atoms with Crippen molar-refractivity contribution in [3.8, 4) is 11.4 Å². The van der Waals surface area contributed by atoms with Crippen LogP contribution < -0.4 is 4.74 Å². The van der Waals surface area contributed by atoms with Crippen LogP contribution in [0.4, 0.5) is 0 Å². The molecule has 0 aliphatic carbocycles. The van der Waals surface area contributed by atoms with E-state index in [0.29, 0.717) is 37.2 Å². The number of hydrogen-bond acceptors (Lipinski definition) is 7. The van der Waals surface area contributed by atoms with Crippen LogP contribution in [0.3, 0.4) is 0 Å². The summed E-state index contributed by atoms with van der Waals surface area (Å²) >= 11 is 10.1. The third-order valence-electron chi connectivity index (χ3n) is 6.38. The fraction of sp³-hybridized carbons (Fsp3) is 0.222. The maximum Gasteiger partial charge on any atom is 0.195 e. The molecule has 1 fully saturated rings. The highest BCUT2D eigenvalue weighted by atomic mass is 79.9. The predicted molar refractivity (Wildman–Crippen MR) is 140 cm³/mol. The van der Waals surface area contributed by atoms with Gasteiger partial charge in [-0.3, -0.25) is 4.79 Å². The number of carbonyl (C=O) groups is 1.